The molecule has 0 unspecified atom stereocenters. The van der Waals surface area contributed by atoms with E-state index in [1.165, 1.54) is 18.4 Å². The van der Waals surface area contributed by atoms with Gasteiger partial charge in [-0.05, 0) is 37.3 Å². The SMILES string of the molecule is CCOC(=O)c1cccc(NC(=O)CNC(=O)CNC(=O)c2ccco2)c1. The van der Waals surface area contributed by atoms with Gasteiger partial charge in [-0.1, -0.05) is 6.07 Å². The van der Waals surface area contributed by atoms with Gasteiger partial charge in [-0.2, -0.15) is 0 Å². The van der Waals surface area contributed by atoms with E-state index in [1.54, 1.807) is 31.2 Å². The molecule has 2 aromatic rings. The minimum absolute atomic E-state index is 0.0852. The van der Waals surface area contributed by atoms with E-state index in [-0.39, 0.29) is 25.5 Å². The van der Waals surface area contributed by atoms with E-state index >= 15 is 0 Å². The maximum atomic E-state index is 11.9. The molecule has 27 heavy (non-hydrogen) atoms. The summed E-state index contributed by atoms with van der Waals surface area (Å²) in [4.78, 5) is 46.9. The van der Waals surface area contributed by atoms with Crippen LogP contribution in [-0.2, 0) is 14.3 Å². The Bertz CT molecular complexity index is 816. The van der Waals surface area contributed by atoms with Gasteiger partial charge < -0.3 is 25.1 Å². The molecule has 0 radical (unpaired) electrons. The molecule has 3 N–H and O–H groups in total. The summed E-state index contributed by atoms with van der Waals surface area (Å²) in [5.74, 6) is -1.96. The van der Waals surface area contributed by atoms with Gasteiger partial charge in [-0.25, -0.2) is 4.79 Å². The van der Waals surface area contributed by atoms with E-state index in [9.17, 15) is 19.2 Å². The summed E-state index contributed by atoms with van der Waals surface area (Å²) in [6, 6.07) is 9.26. The number of benzene rings is 1. The number of nitrogens with one attached hydrogen (secondary N) is 3. The summed E-state index contributed by atoms with van der Waals surface area (Å²) in [5, 5.41) is 7.29. The molecule has 0 bridgehead atoms. The Kier molecular flexibility index (Phi) is 7.12. The Balaban J connectivity index is 1.75. The number of amides is 3. The van der Waals surface area contributed by atoms with E-state index in [2.05, 4.69) is 16.0 Å². The topological polar surface area (TPSA) is 127 Å². The van der Waals surface area contributed by atoms with Crippen LogP contribution in [-0.4, -0.2) is 43.4 Å². The molecule has 1 heterocycles. The lowest BCUT2D eigenvalue weighted by atomic mass is 10.2. The first-order valence-corrected chi connectivity index (χ1v) is 8.15. The van der Waals surface area contributed by atoms with E-state index in [0.29, 0.717) is 11.3 Å². The fraction of sp³-hybridized carbons (Fsp3) is 0.222. The Morgan fingerprint density at radius 3 is 2.48 bits per heavy atom. The molecule has 1 aromatic heterocycles. The largest absolute Gasteiger partial charge is 0.462 e. The molecule has 0 spiro atoms. The van der Waals surface area contributed by atoms with Crippen LogP contribution in [0.25, 0.3) is 0 Å². The number of hydrogen-bond acceptors (Lipinski definition) is 6. The highest BCUT2D eigenvalue weighted by Crippen LogP contribution is 2.11. The number of rotatable bonds is 8. The molecule has 0 atom stereocenters. The lowest BCUT2D eigenvalue weighted by Crippen LogP contribution is -2.40. The lowest BCUT2D eigenvalue weighted by Gasteiger charge is -2.09. The van der Waals surface area contributed by atoms with E-state index in [1.807, 2.05) is 0 Å². The first kappa shape index (κ1) is 19.7. The summed E-state index contributed by atoms with van der Waals surface area (Å²) in [6.07, 6.45) is 1.34. The third-order valence-electron chi connectivity index (χ3n) is 3.26. The molecule has 0 aliphatic heterocycles. The van der Waals surface area contributed by atoms with Crippen LogP contribution >= 0.6 is 0 Å². The smallest absolute Gasteiger partial charge is 0.338 e. The summed E-state index contributed by atoms with van der Waals surface area (Å²) >= 11 is 0. The predicted octanol–water partition coefficient (Wildman–Crippen LogP) is 0.941. The summed E-state index contributed by atoms with van der Waals surface area (Å²) in [6.45, 7) is 1.35. The van der Waals surface area contributed by atoms with E-state index in [0.717, 1.165) is 0 Å². The van der Waals surface area contributed by atoms with E-state index in [4.69, 9.17) is 9.15 Å². The van der Waals surface area contributed by atoms with Crippen molar-refractivity contribution in [2.75, 3.05) is 25.0 Å². The number of carbonyl (C=O) groups excluding carboxylic acids is 4. The zero-order valence-corrected chi connectivity index (χ0v) is 14.6. The maximum Gasteiger partial charge on any atom is 0.338 e. The van der Waals surface area contributed by atoms with Gasteiger partial charge in [0.2, 0.25) is 11.8 Å². The molecule has 0 aliphatic rings. The second kappa shape index (κ2) is 9.76. The number of carbonyl (C=O) groups is 4. The lowest BCUT2D eigenvalue weighted by molar-refractivity contribution is -0.123. The normalized spacial score (nSPS) is 9.96. The highest BCUT2D eigenvalue weighted by Gasteiger charge is 2.12. The van der Waals surface area contributed by atoms with Gasteiger partial charge in [0, 0.05) is 5.69 Å². The molecule has 0 fully saturated rings. The van der Waals surface area contributed by atoms with Crippen molar-refractivity contribution < 1.29 is 28.3 Å². The van der Waals surface area contributed by atoms with Crippen LogP contribution in [0, 0.1) is 0 Å². The second-order valence-corrected chi connectivity index (χ2v) is 5.29. The average Bonchev–Trinajstić information content (AvgIpc) is 3.19. The minimum Gasteiger partial charge on any atom is -0.462 e. The molecular weight excluding hydrogens is 354 g/mol. The van der Waals surface area contributed by atoms with Gasteiger partial charge in [0.25, 0.3) is 5.91 Å². The van der Waals surface area contributed by atoms with Crippen LogP contribution in [0.2, 0.25) is 0 Å². The fourth-order valence-electron chi connectivity index (χ4n) is 2.04. The Morgan fingerprint density at radius 2 is 1.78 bits per heavy atom. The van der Waals surface area contributed by atoms with Crippen LogP contribution in [0.1, 0.15) is 27.8 Å². The summed E-state index contributed by atoms with van der Waals surface area (Å²) in [7, 11) is 0. The van der Waals surface area contributed by atoms with Crippen LogP contribution in [0.15, 0.2) is 47.1 Å². The Hall–Kier alpha value is -3.62. The molecule has 0 aliphatic carbocycles. The Morgan fingerprint density at radius 1 is 1.00 bits per heavy atom. The van der Waals surface area contributed by atoms with Crippen LogP contribution in [0.5, 0.6) is 0 Å². The minimum atomic E-state index is -0.537. The number of esters is 1. The average molecular weight is 373 g/mol. The zero-order valence-electron chi connectivity index (χ0n) is 14.6. The third-order valence-corrected chi connectivity index (χ3v) is 3.26. The predicted molar refractivity (Wildman–Crippen MR) is 95.1 cm³/mol. The van der Waals surface area contributed by atoms with Gasteiger partial charge in [0.05, 0.1) is 31.5 Å². The highest BCUT2D eigenvalue weighted by atomic mass is 16.5. The number of furan rings is 1. The summed E-state index contributed by atoms with van der Waals surface area (Å²) in [5.41, 5.74) is 0.699. The van der Waals surface area contributed by atoms with Crippen molar-refractivity contribution in [1.29, 1.82) is 0 Å². The molecule has 9 nitrogen and oxygen atoms in total. The van der Waals surface area contributed by atoms with Crippen molar-refractivity contribution in [2.45, 2.75) is 6.92 Å². The quantitative estimate of drug-likeness (QED) is 0.591. The molecule has 0 saturated heterocycles. The van der Waals surface area contributed by atoms with Crippen LogP contribution in [0.3, 0.4) is 0 Å². The zero-order chi connectivity index (χ0) is 19.6. The highest BCUT2D eigenvalue weighted by molar-refractivity contribution is 5.98. The van der Waals surface area contributed by atoms with Gasteiger partial charge in [0.1, 0.15) is 0 Å². The molecule has 1 aromatic carbocycles. The van der Waals surface area contributed by atoms with Crippen molar-refractivity contribution in [3.63, 3.8) is 0 Å². The van der Waals surface area contributed by atoms with Gasteiger partial charge in [-0.15, -0.1) is 0 Å². The number of hydrogen-bond donors (Lipinski definition) is 3. The van der Waals surface area contributed by atoms with Gasteiger partial charge in [0.15, 0.2) is 5.76 Å². The second-order valence-electron chi connectivity index (χ2n) is 5.29. The monoisotopic (exact) mass is 373 g/mol. The fourth-order valence-corrected chi connectivity index (χ4v) is 2.04. The summed E-state index contributed by atoms with van der Waals surface area (Å²) < 4.78 is 9.78. The van der Waals surface area contributed by atoms with Crippen LogP contribution < -0.4 is 16.0 Å². The van der Waals surface area contributed by atoms with Crippen molar-refractivity contribution >= 4 is 29.4 Å². The van der Waals surface area contributed by atoms with Crippen molar-refractivity contribution in [2.24, 2.45) is 0 Å². The van der Waals surface area contributed by atoms with E-state index < -0.39 is 23.7 Å². The molecule has 9 heteroatoms. The van der Waals surface area contributed by atoms with Gasteiger partial charge in [-0.3, -0.25) is 14.4 Å². The first-order valence-electron chi connectivity index (χ1n) is 8.15. The molecule has 2 rings (SSSR count). The maximum absolute atomic E-state index is 11.9. The third kappa shape index (κ3) is 6.31. The van der Waals surface area contributed by atoms with Crippen LogP contribution in [0.4, 0.5) is 5.69 Å². The standard InChI is InChI=1S/C18H19N3O6/c1-2-26-18(25)12-5-3-6-13(9-12)21-16(23)11-19-15(22)10-20-17(24)14-7-4-8-27-14/h3-9H,2,10-11H2,1H3,(H,19,22)(H,20,24)(H,21,23). The Labute approximate surface area is 155 Å². The van der Waals surface area contributed by atoms with Crippen molar-refractivity contribution in [3.8, 4) is 0 Å². The van der Waals surface area contributed by atoms with Gasteiger partial charge >= 0.3 is 5.97 Å². The molecule has 3 amide bonds. The molecule has 142 valence electrons. The van der Waals surface area contributed by atoms with Crippen molar-refractivity contribution in [1.82, 2.24) is 10.6 Å². The van der Waals surface area contributed by atoms with Crippen molar-refractivity contribution in [3.05, 3.63) is 54.0 Å². The molecule has 0 saturated carbocycles. The molecular formula is C18H19N3O6. The number of ether oxygens (including phenoxy) is 1. The number of anilines is 1. The first-order chi connectivity index (χ1) is 13.0.